The minimum Gasteiger partial charge on any atom is -0.391 e. The quantitative estimate of drug-likeness (QED) is 0.567. The molecule has 0 fully saturated rings. The summed E-state index contributed by atoms with van der Waals surface area (Å²) in [5.41, 5.74) is 0. The molecule has 0 spiro atoms. The van der Waals surface area contributed by atoms with Crippen LogP contribution < -0.4 is 0 Å². The average Bonchev–Trinajstić information content (AvgIpc) is 1.67. The molecule has 0 aromatic rings. The van der Waals surface area contributed by atoms with Gasteiger partial charge in [0, 0.05) is 0 Å². The Kier molecular flexibility index (Phi) is 3.83. The third-order valence-corrected chi connectivity index (χ3v) is 1.14. The van der Waals surface area contributed by atoms with E-state index in [1.54, 1.807) is 6.92 Å². The Morgan fingerprint density at radius 2 is 1.88 bits per heavy atom. The molecule has 0 saturated heterocycles. The van der Waals surface area contributed by atoms with Crippen molar-refractivity contribution in [3.8, 4) is 0 Å². The van der Waals surface area contributed by atoms with Crippen LogP contribution in [0.1, 0.15) is 26.7 Å². The van der Waals surface area contributed by atoms with Crippen molar-refractivity contribution >= 4 is 0 Å². The average molecular weight is 118 g/mol. The summed E-state index contributed by atoms with van der Waals surface area (Å²) in [6, 6.07) is 0. The van der Waals surface area contributed by atoms with Crippen molar-refractivity contribution in [3.05, 3.63) is 0 Å². The van der Waals surface area contributed by atoms with Gasteiger partial charge in [-0.15, -0.1) is 0 Å². The molecule has 2 heteroatoms. The molecule has 0 aliphatic rings. The molecule has 0 amide bonds. The second kappa shape index (κ2) is 3.87. The van der Waals surface area contributed by atoms with Gasteiger partial charge in [-0.05, 0) is 13.3 Å². The molecule has 2 atom stereocenters. The lowest BCUT2D eigenvalue weighted by molar-refractivity contribution is 0.0259. The monoisotopic (exact) mass is 118 g/mol. The highest BCUT2D eigenvalue weighted by atomic mass is 16.3. The van der Waals surface area contributed by atoms with E-state index < -0.39 is 12.2 Å². The highest BCUT2D eigenvalue weighted by molar-refractivity contribution is 4.59. The van der Waals surface area contributed by atoms with Crippen molar-refractivity contribution in [2.24, 2.45) is 0 Å². The van der Waals surface area contributed by atoms with E-state index in [1.165, 1.54) is 0 Å². The molecule has 1 unspecified atom stereocenters. The third-order valence-electron chi connectivity index (χ3n) is 1.14. The van der Waals surface area contributed by atoms with Gasteiger partial charge in [-0.3, -0.25) is 0 Å². The lowest BCUT2D eigenvalue weighted by atomic mass is 10.1. The fourth-order valence-corrected chi connectivity index (χ4v) is 0.537. The Hall–Kier alpha value is -0.0800. The van der Waals surface area contributed by atoms with Gasteiger partial charge < -0.3 is 10.2 Å². The molecule has 0 saturated carbocycles. The fraction of sp³-hybridized carbons (Fsp3) is 1.00. The van der Waals surface area contributed by atoms with Gasteiger partial charge in [0.1, 0.15) is 0 Å². The first-order valence-electron chi connectivity index (χ1n) is 3.04. The summed E-state index contributed by atoms with van der Waals surface area (Å²) in [4.78, 5) is 0. The molecule has 0 bridgehead atoms. The van der Waals surface area contributed by atoms with Crippen molar-refractivity contribution in [1.29, 1.82) is 0 Å². The van der Waals surface area contributed by atoms with Gasteiger partial charge >= 0.3 is 0 Å². The summed E-state index contributed by atoms with van der Waals surface area (Å²) in [5.74, 6) is 0. The van der Waals surface area contributed by atoms with Gasteiger partial charge in [0.05, 0.1) is 12.2 Å². The van der Waals surface area contributed by atoms with Crippen LogP contribution in [-0.2, 0) is 0 Å². The maximum Gasteiger partial charge on any atom is 0.0796 e. The Bertz CT molecular complexity index is 52.5. The van der Waals surface area contributed by atoms with Crippen LogP contribution in [0.3, 0.4) is 0 Å². The van der Waals surface area contributed by atoms with Crippen LogP contribution in [0.5, 0.6) is 0 Å². The number of hydrogen-bond donors (Lipinski definition) is 2. The minimum atomic E-state index is -0.574. The van der Waals surface area contributed by atoms with Crippen LogP contribution in [0.25, 0.3) is 0 Å². The van der Waals surface area contributed by atoms with Crippen LogP contribution in [-0.4, -0.2) is 22.4 Å². The zero-order chi connectivity index (χ0) is 6.57. The normalized spacial score (nSPS) is 18.0. The zero-order valence-electron chi connectivity index (χ0n) is 5.46. The summed E-state index contributed by atoms with van der Waals surface area (Å²) in [6.45, 7) is 3.58. The summed E-state index contributed by atoms with van der Waals surface area (Å²) in [5, 5.41) is 17.6. The molecular weight excluding hydrogens is 104 g/mol. The van der Waals surface area contributed by atoms with Crippen molar-refractivity contribution < 1.29 is 10.2 Å². The SMILES string of the molecule is CCC[C@@H](O)C(C)O. The lowest BCUT2D eigenvalue weighted by Crippen LogP contribution is -2.21. The topological polar surface area (TPSA) is 40.5 Å². The van der Waals surface area contributed by atoms with E-state index >= 15 is 0 Å². The van der Waals surface area contributed by atoms with Gasteiger partial charge in [-0.2, -0.15) is 0 Å². The fourth-order valence-electron chi connectivity index (χ4n) is 0.537. The van der Waals surface area contributed by atoms with Crippen molar-refractivity contribution in [3.63, 3.8) is 0 Å². The van der Waals surface area contributed by atoms with Gasteiger partial charge in [-0.1, -0.05) is 13.3 Å². The van der Waals surface area contributed by atoms with Crippen molar-refractivity contribution in [1.82, 2.24) is 0 Å². The molecular formula is C6H14O2. The second-order valence-corrected chi connectivity index (χ2v) is 2.10. The molecule has 0 aliphatic heterocycles. The van der Waals surface area contributed by atoms with E-state index in [-0.39, 0.29) is 0 Å². The number of aliphatic hydroxyl groups is 2. The Morgan fingerprint density at radius 1 is 1.38 bits per heavy atom. The van der Waals surface area contributed by atoms with Crippen LogP contribution in [0.4, 0.5) is 0 Å². The van der Waals surface area contributed by atoms with Gasteiger partial charge in [0.2, 0.25) is 0 Å². The summed E-state index contributed by atoms with van der Waals surface area (Å²) in [7, 11) is 0. The maximum absolute atomic E-state index is 8.88. The highest BCUT2D eigenvalue weighted by Gasteiger charge is 2.07. The first-order valence-corrected chi connectivity index (χ1v) is 3.04. The van der Waals surface area contributed by atoms with E-state index in [1.807, 2.05) is 6.92 Å². The molecule has 0 aromatic carbocycles. The van der Waals surface area contributed by atoms with E-state index in [0.717, 1.165) is 6.42 Å². The Morgan fingerprint density at radius 3 is 2.00 bits per heavy atom. The Balaban J connectivity index is 3.17. The van der Waals surface area contributed by atoms with E-state index in [9.17, 15) is 0 Å². The predicted octanol–water partition coefficient (Wildman–Crippen LogP) is 0.528. The molecule has 0 aromatic heterocycles. The molecule has 2 nitrogen and oxygen atoms in total. The van der Waals surface area contributed by atoms with E-state index in [2.05, 4.69) is 0 Å². The van der Waals surface area contributed by atoms with E-state index in [4.69, 9.17) is 10.2 Å². The maximum atomic E-state index is 8.88. The lowest BCUT2D eigenvalue weighted by Gasteiger charge is -2.10. The zero-order valence-corrected chi connectivity index (χ0v) is 5.46. The van der Waals surface area contributed by atoms with Gasteiger partial charge in [-0.25, -0.2) is 0 Å². The van der Waals surface area contributed by atoms with Gasteiger partial charge in [0.15, 0.2) is 0 Å². The summed E-state index contributed by atoms with van der Waals surface area (Å²) >= 11 is 0. The molecule has 0 radical (unpaired) electrons. The first-order chi connectivity index (χ1) is 3.68. The van der Waals surface area contributed by atoms with Crippen LogP contribution in [0.15, 0.2) is 0 Å². The molecule has 2 N–H and O–H groups in total. The highest BCUT2D eigenvalue weighted by Crippen LogP contribution is 1.99. The van der Waals surface area contributed by atoms with Crippen LogP contribution in [0, 0.1) is 0 Å². The standard InChI is InChI=1S/C6H14O2/c1-3-4-6(8)5(2)7/h5-8H,3-4H2,1-2H3/t5?,6-/m1/s1. The largest absolute Gasteiger partial charge is 0.391 e. The predicted molar refractivity (Wildman–Crippen MR) is 32.6 cm³/mol. The smallest absolute Gasteiger partial charge is 0.0796 e. The number of aliphatic hydroxyl groups excluding tert-OH is 2. The molecule has 0 rings (SSSR count). The molecule has 0 heterocycles. The van der Waals surface area contributed by atoms with Crippen molar-refractivity contribution in [2.45, 2.75) is 38.9 Å². The summed E-state index contributed by atoms with van der Waals surface area (Å²) < 4.78 is 0. The number of hydrogen-bond acceptors (Lipinski definition) is 2. The summed E-state index contributed by atoms with van der Waals surface area (Å²) in [6.07, 6.45) is 0.513. The molecule has 0 aliphatic carbocycles. The minimum absolute atomic E-state index is 0.528. The third kappa shape index (κ3) is 2.99. The van der Waals surface area contributed by atoms with Crippen molar-refractivity contribution in [2.75, 3.05) is 0 Å². The van der Waals surface area contributed by atoms with Crippen LogP contribution in [0.2, 0.25) is 0 Å². The molecule has 8 heavy (non-hydrogen) atoms. The van der Waals surface area contributed by atoms with Gasteiger partial charge in [0.25, 0.3) is 0 Å². The molecule has 50 valence electrons. The number of rotatable bonds is 3. The van der Waals surface area contributed by atoms with E-state index in [0.29, 0.717) is 6.42 Å². The first kappa shape index (κ1) is 7.92. The second-order valence-electron chi connectivity index (χ2n) is 2.10. The Labute approximate surface area is 50.2 Å². The van der Waals surface area contributed by atoms with Crippen LogP contribution >= 0.6 is 0 Å².